The van der Waals surface area contributed by atoms with Crippen molar-refractivity contribution in [2.45, 2.75) is 25.8 Å². The molecule has 1 N–H and O–H groups in total. The highest BCUT2D eigenvalue weighted by Gasteiger charge is 2.23. The lowest BCUT2D eigenvalue weighted by Crippen LogP contribution is -2.31. The van der Waals surface area contributed by atoms with Crippen molar-refractivity contribution in [1.29, 1.82) is 0 Å². The number of benzene rings is 1. The predicted molar refractivity (Wildman–Crippen MR) is 90.6 cm³/mol. The summed E-state index contributed by atoms with van der Waals surface area (Å²) in [6.45, 7) is 5.41. The summed E-state index contributed by atoms with van der Waals surface area (Å²) in [4.78, 5) is 18.9. The van der Waals surface area contributed by atoms with Crippen molar-refractivity contribution in [2.75, 3.05) is 26.7 Å². The first-order chi connectivity index (χ1) is 11.2. The van der Waals surface area contributed by atoms with Crippen LogP contribution in [0.2, 0.25) is 0 Å². The third kappa shape index (κ3) is 3.45. The van der Waals surface area contributed by atoms with Gasteiger partial charge in [0.2, 0.25) is 0 Å². The van der Waals surface area contributed by atoms with E-state index in [-0.39, 0.29) is 5.91 Å². The van der Waals surface area contributed by atoms with E-state index in [1.165, 1.54) is 5.56 Å². The average molecular weight is 312 g/mol. The highest BCUT2D eigenvalue weighted by molar-refractivity contribution is 5.95. The molecule has 1 aromatic carbocycles. The molecule has 0 aliphatic carbocycles. The van der Waals surface area contributed by atoms with Crippen LogP contribution in [0, 0.1) is 6.92 Å². The Morgan fingerprint density at radius 2 is 2.26 bits per heavy atom. The molecule has 5 nitrogen and oxygen atoms in total. The molecule has 2 aromatic rings. The number of nitrogens with one attached hydrogen (secondary N) is 1. The molecular formula is C18H24N4O. The van der Waals surface area contributed by atoms with Gasteiger partial charge in [0.25, 0.3) is 5.91 Å². The fourth-order valence-corrected chi connectivity index (χ4v) is 3.17. The van der Waals surface area contributed by atoms with Crippen LogP contribution in [-0.4, -0.2) is 47.0 Å². The van der Waals surface area contributed by atoms with Crippen molar-refractivity contribution in [3.8, 4) is 0 Å². The minimum absolute atomic E-state index is 0.102. The maximum absolute atomic E-state index is 12.8. The lowest BCUT2D eigenvalue weighted by atomic mass is 9.93. The van der Waals surface area contributed by atoms with Crippen LogP contribution in [0.15, 0.2) is 36.7 Å². The topological polar surface area (TPSA) is 50.2 Å². The standard InChI is InChI=1S/C18H24N4O/c1-14-20-9-10-22(14)12-11-21(2)18(23)17-6-4-3-5-16(17)15-7-8-19-13-15/h3-6,9-10,15,19H,7-8,11-13H2,1-2H3/t15-/m0/s1. The first-order valence-electron chi connectivity index (χ1n) is 8.19. The largest absolute Gasteiger partial charge is 0.340 e. The van der Waals surface area contributed by atoms with Crippen molar-refractivity contribution in [3.63, 3.8) is 0 Å². The summed E-state index contributed by atoms with van der Waals surface area (Å²) >= 11 is 0. The van der Waals surface area contributed by atoms with E-state index >= 15 is 0 Å². The van der Waals surface area contributed by atoms with Crippen molar-refractivity contribution >= 4 is 5.91 Å². The van der Waals surface area contributed by atoms with Gasteiger partial charge in [0.1, 0.15) is 5.82 Å². The van der Waals surface area contributed by atoms with Crippen molar-refractivity contribution in [1.82, 2.24) is 19.8 Å². The third-order valence-corrected chi connectivity index (χ3v) is 4.64. The summed E-state index contributed by atoms with van der Waals surface area (Å²) in [6, 6.07) is 8.03. The average Bonchev–Trinajstić information content (AvgIpc) is 3.23. The fourth-order valence-electron chi connectivity index (χ4n) is 3.17. The number of carbonyl (C=O) groups is 1. The normalized spacial score (nSPS) is 17.4. The molecule has 0 saturated carbocycles. The molecule has 0 radical (unpaired) electrons. The first-order valence-corrected chi connectivity index (χ1v) is 8.19. The quantitative estimate of drug-likeness (QED) is 0.919. The first kappa shape index (κ1) is 15.7. The number of hydrogen-bond donors (Lipinski definition) is 1. The van der Waals surface area contributed by atoms with Crippen molar-refractivity contribution in [2.24, 2.45) is 0 Å². The third-order valence-electron chi connectivity index (χ3n) is 4.64. The number of aromatic nitrogens is 2. The van der Waals surface area contributed by atoms with Crippen LogP contribution in [0.4, 0.5) is 0 Å². The zero-order chi connectivity index (χ0) is 16.2. The molecule has 23 heavy (non-hydrogen) atoms. The number of nitrogens with zero attached hydrogens (tertiary/aromatic N) is 3. The molecular weight excluding hydrogens is 288 g/mol. The fraction of sp³-hybridized carbons (Fsp3) is 0.444. The Balaban J connectivity index is 1.71. The number of imidazole rings is 1. The Morgan fingerprint density at radius 3 is 2.96 bits per heavy atom. The van der Waals surface area contributed by atoms with Gasteiger partial charge in [0, 0.05) is 44.6 Å². The number of carbonyl (C=O) groups excluding carboxylic acids is 1. The van der Waals surface area contributed by atoms with Crippen LogP contribution >= 0.6 is 0 Å². The van der Waals surface area contributed by atoms with Crippen LogP contribution in [0.5, 0.6) is 0 Å². The van der Waals surface area contributed by atoms with Gasteiger partial charge in [-0.2, -0.15) is 0 Å². The maximum Gasteiger partial charge on any atom is 0.253 e. The highest BCUT2D eigenvalue weighted by atomic mass is 16.2. The van der Waals surface area contributed by atoms with E-state index in [0.717, 1.165) is 37.4 Å². The zero-order valence-electron chi connectivity index (χ0n) is 13.8. The number of likely N-dealkylation sites (N-methyl/N-ethyl adjacent to an activating group) is 1. The van der Waals surface area contributed by atoms with Gasteiger partial charge in [-0.3, -0.25) is 4.79 Å². The van der Waals surface area contributed by atoms with E-state index in [2.05, 4.69) is 20.9 Å². The summed E-state index contributed by atoms with van der Waals surface area (Å²) in [5, 5.41) is 3.38. The summed E-state index contributed by atoms with van der Waals surface area (Å²) in [5.74, 6) is 1.52. The zero-order valence-corrected chi connectivity index (χ0v) is 13.8. The molecule has 1 aromatic heterocycles. The molecule has 2 heterocycles. The molecule has 0 bridgehead atoms. The molecule has 1 atom stereocenters. The van der Waals surface area contributed by atoms with Gasteiger partial charge in [0.15, 0.2) is 0 Å². The lowest BCUT2D eigenvalue weighted by molar-refractivity contribution is 0.0788. The van der Waals surface area contributed by atoms with Crippen LogP contribution in [-0.2, 0) is 6.54 Å². The summed E-state index contributed by atoms with van der Waals surface area (Å²) < 4.78 is 2.07. The van der Waals surface area contributed by atoms with Gasteiger partial charge >= 0.3 is 0 Å². The van der Waals surface area contributed by atoms with E-state index in [1.54, 1.807) is 11.1 Å². The summed E-state index contributed by atoms with van der Waals surface area (Å²) in [7, 11) is 1.87. The van der Waals surface area contributed by atoms with Gasteiger partial charge in [0.05, 0.1) is 0 Å². The second kappa shape index (κ2) is 6.96. The Morgan fingerprint density at radius 1 is 1.43 bits per heavy atom. The van der Waals surface area contributed by atoms with Gasteiger partial charge in [-0.25, -0.2) is 4.98 Å². The molecule has 1 saturated heterocycles. The summed E-state index contributed by atoms with van der Waals surface area (Å²) in [6.07, 6.45) is 4.84. The molecule has 1 aliphatic rings. The summed E-state index contributed by atoms with van der Waals surface area (Å²) in [5.41, 5.74) is 2.01. The molecule has 0 spiro atoms. The molecule has 3 rings (SSSR count). The van der Waals surface area contributed by atoms with Gasteiger partial charge in [-0.15, -0.1) is 0 Å². The molecule has 5 heteroatoms. The van der Waals surface area contributed by atoms with Crippen molar-refractivity contribution < 1.29 is 4.79 Å². The Labute approximate surface area is 137 Å². The van der Waals surface area contributed by atoms with E-state index in [0.29, 0.717) is 12.5 Å². The van der Waals surface area contributed by atoms with Gasteiger partial charge < -0.3 is 14.8 Å². The lowest BCUT2D eigenvalue weighted by Gasteiger charge is -2.21. The Hall–Kier alpha value is -2.14. The molecule has 0 unspecified atom stereocenters. The van der Waals surface area contributed by atoms with Gasteiger partial charge in [-0.05, 0) is 37.4 Å². The number of rotatable bonds is 5. The predicted octanol–water partition coefficient (Wildman–Crippen LogP) is 2.04. The smallest absolute Gasteiger partial charge is 0.253 e. The minimum atomic E-state index is 0.102. The van der Waals surface area contributed by atoms with E-state index < -0.39 is 0 Å². The van der Waals surface area contributed by atoms with Crippen molar-refractivity contribution in [3.05, 3.63) is 53.6 Å². The Kier molecular flexibility index (Phi) is 4.76. The molecule has 1 aliphatic heterocycles. The van der Waals surface area contributed by atoms with E-state index in [9.17, 15) is 4.79 Å². The highest BCUT2D eigenvalue weighted by Crippen LogP contribution is 2.26. The minimum Gasteiger partial charge on any atom is -0.340 e. The second-order valence-electron chi connectivity index (χ2n) is 6.17. The van der Waals surface area contributed by atoms with Crippen LogP contribution in [0.25, 0.3) is 0 Å². The maximum atomic E-state index is 12.8. The molecule has 1 amide bonds. The number of amides is 1. The van der Waals surface area contributed by atoms with Crippen LogP contribution in [0.1, 0.15) is 34.1 Å². The Bertz CT molecular complexity index is 673. The monoisotopic (exact) mass is 312 g/mol. The van der Waals surface area contributed by atoms with Crippen LogP contribution < -0.4 is 5.32 Å². The SMILES string of the molecule is Cc1nccn1CCN(C)C(=O)c1ccccc1[C@H]1CCNC1. The van der Waals surface area contributed by atoms with E-state index in [1.807, 2.05) is 38.4 Å². The number of hydrogen-bond acceptors (Lipinski definition) is 3. The number of aryl methyl sites for hydroxylation is 1. The second-order valence-corrected chi connectivity index (χ2v) is 6.17. The van der Waals surface area contributed by atoms with E-state index in [4.69, 9.17) is 0 Å². The molecule has 122 valence electrons. The van der Waals surface area contributed by atoms with Crippen LogP contribution in [0.3, 0.4) is 0 Å². The molecule has 1 fully saturated rings. The van der Waals surface area contributed by atoms with Gasteiger partial charge in [-0.1, -0.05) is 18.2 Å².